The second-order valence-corrected chi connectivity index (χ2v) is 9.45. The van der Waals surface area contributed by atoms with Crippen LogP contribution in [0.3, 0.4) is 0 Å². The fourth-order valence-electron chi connectivity index (χ4n) is 4.06. The number of hydrogen-bond acceptors (Lipinski definition) is 3. The fraction of sp³-hybridized carbons (Fsp3) is 0.350. The molecule has 2 amide bonds. The molecule has 0 radical (unpaired) electrons. The van der Waals surface area contributed by atoms with Crippen LogP contribution in [0.5, 0.6) is 0 Å². The van der Waals surface area contributed by atoms with E-state index in [0.717, 1.165) is 28.1 Å². The van der Waals surface area contributed by atoms with Gasteiger partial charge in [-0.3, -0.25) is 9.80 Å². The number of rotatable bonds is 2. The Balaban J connectivity index is 1.86. The molecule has 2 atom stereocenters. The van der Waals surface area contributed by atoms with Crippen molar-refractivity contribution in [3.63, 3.8) is 0 Å². The van der Waals surface area contributed by atoms with Crippen LogP contribution in [0.2, 0.25) is 0 Å². The summed E-state index contributed by atoms with van der Waals surface area (Å²) in [6.45, 7) is 5.95. The number of urea groups is 1. The second kappa shape index (κ2) is 5.84. The Morgan fingerprint density at radius 3 is 2.27 bits per heavy atom. The third kappa shape index (κ3) is 2.60. The molecular weight excluding hydrogens is 348 g/mol. The highest BCUT2D eigenvalue weighted by Crippen LogP contribution is 2.39. The molecule has 0 unspecified atom stereocenters. The highest BCUT2D eigenvalue weighted by Gasteiger charge is 2.54. The summed E-state index contributed by atoms with van der Waals surface area (Å²) < 4.78 is 24.7. The minimum absolute atomic E-state index is 0.0126. The first-order valence-corrected chi connectivity index (χ1v) is 10.6. The van der Waals surface area contributed by atoms with Gasteiger partial charge in [0.1, 0.15) is 0 Å². The van der Waals surface area contributed by atoms with Gasteiger partial charge >= 0.3 is 6.03 Å². The van der Waals surface area contributed by atoms with Crippen LogP contribution in [0.1, 0.15) is 16.7 Å². The van der Waals surface area contributed by atoms with E-state index in [-0.39, 0.29) is 29.6 Å². The van der Waals surface area contributed by atoms with Gasteiger partial charge < -0.3 is 0 Å². The number of hydrogen-bond donors (Lipinski definition) is 0. The molecule has 0 aliphatic carbocycles. The van der Waals surface area contributed by atoms with E-state index in [1.165, 1.54) is 0 Å². The van der Waals surface area contributed by atoms with Crippen LogP contribution < -0.4 is 9.80 Å². The molecule has 4 rings (SSSR count). The van der Waals surface area contributed by atoms with Crippen molar-refractivity contribution < 1.29 is 13.2 Å². The smallest absolute Gasteiger partial charge is 0.288 e. The zero-order valence-electron chi connectivity index (χ0n) is 15.1. The molecule has 2 saturated heterocycles. The summed E-state index contributed by atoms with van der Waals surface area (Å²) in [4.78, 5) is 16.7. The van der Waals surface area contributed by atoms with Gasteiger partial charge in [0, 0.05) is 11.4 Å². The van der Waals surface area contributed by atoms with Crippen LogP contribution in [0.4, 0.5) is 16.2 Å². The van der Waals surface area contributed by atoms with E-state index < -0.39 is 9.84 Å². The zero-order valence-corrected chi connectivity index (χ0v) is 16.0. The van der Waals surface area contributed by atoms with Crippen molar-refractivity contribution in [1.82, 2.24) is 0 Å². The number of carbonyl (C=O) groups is 1. The lowest BCUT2D eigenvalue weighted by atomic mass is 10.1. The Labute approximate surface area is 154 Å². The maximum absolute atomic E-state index is 13.4. The third-order valence-electron chi connectivity index (χ3n) is 5.48. The topological polar surface area (TPSA) is 57.7 Å². The second-order valence-electron chi connectivity index (χ2n) is 7.29. The molecule has 2 heterocycles. The zero-order chi connectivity index (χ0) is 18.6. The van der Waals surface area contributed by atoms with Gasteiger partial charge in [-0.2, -0.15) is 0 Å². The highest BCUT2D eigenvalue weighted by atomic mass is 32.2. The summed E-state index contributed by atoms with van der Waals surface area (Å²) in [5, 5.41) is 0. The molecule has 2 aliphatic heterocycles. The molecule has 26 heavy (non-hydrogen) atoms. The molecule has 0 aromatic heterocycles. The molecule has 5 nitrogen and oxygen atoms in total. The van der Waals surface area contributed by atoms with Gasteiger partial charge in [0.05, 0.1) is 23.6 Å². The average Bonchev–Trinajstić information content (AvgIpc) is 2.99. The van der Waals surface area contributed by atoms with Gasteiger partial charge in [0.25, 0.3) is 0 Å². The maximum Gasteiger partial charge on any atom is 0.329 e. The minimum atomic E-state index is -3.18. The summed E-state index contributed by atoms with van der Waals surface area (Å²) in [5.41, 5.74) is 4.70. The Hall–Kier alpha value is -2.34. The molecule has 6 heteroatoms. The van der Waals surface area contributed by atoms with Crippen LogP contribution in [0, 0.1) is 20.8 Å². The minimum Gasteiger partial charge on any atom is -0.288 e. The van der Waals surface area contributed by atoms with Gasteiger partial charge in [0.2, 0.25) is 0 Å². The van der Waals surface area contributed by atoms with Gasteiger partial charge in [0.15, 0.2) is 9.84 Å². The van der Waals surface area contributed by atoms with Gasteiger partial charge in [-0.1, -0.05) is 24.3 Å². The van der Waals surface area contributed by atoms with Crippen molar-refractivity contribution in [2.75, 3.05) is 21.3 Å². The van der Waals surface area contributed by atoms with Crippen molar-refractivity contribution >= 4 is 27.2 Å². The molecule has 0 N–H and O–H groups in total. The Morgan fingerprint density at radius 1 is 0.923 bits per heavy atom. The van der Waals surface area contributed by atoms with Gasteiger partial charge in [-0.15, -0.1) is 0 Å². The number of fused-ring (bicyclic) bond motifs is 1. The number of benzene rings is 2. The highest BCUT2D eigenvalue weighted by molar-refractivity contribution is 7.91. The lowest BCUT2D eigenvalue weighted by molar-refractivity contribution is 0.255. The van der Waals surface area contributed by atoms with Gasteiger partial charge in [-0.25, -0.2) is 13.2 Å². The average molecular weight is 370 g/mol. The first kappa shape index (κ1) is 17.1. The van der Waals surface area contributed by atoms with Crippen molar-refractivity contribution in [1.29, 1.82) is 0 Å². The predicted molar refractivity (Wildman–Crippen MR) is 104 cm³/mol. The summed E-state index contributed by atoms with van der Waals surface area (Å²) >= 11 is 0. The van der Waals surface area contributed by atoms with Crippen LogP contribution >= 0.6 is 0 Å². The largest absolute Gasteiger partial charge is 0.329 e. The first-order chi connectivity index (χ1) is 12.3. The Bertz CT molecular complexity index is 1000. The first-order valence-electron chi connectivity index (χ1n) is 8.74. The van der Waals surface area contributed by atoms with E-state index in [9.17, 15) is 13.2 Å². The molecule has 136 valence electrons. The van der Waals surface area contributed by atoms with Crippen LogP contribution in [-0.2, 0) is 9.84 Å². The van der Waals surface area contributed by atoms with Crippen molar-refractivity contribution in [3.8, 4) is 0 Å². The van der Waals surface area contributed by atoms with E-state index in [1.807, 2.05) is 63.2 Å². The molecule has 0 spiro atoms. The van der Waals surface area contributed by atoms with E-state index in [2.05, 4.69) is 0 Å². The molecule has 2 aliphatic rings. The Morgan fingerprint density at radius 2 is 1.58 bits per heavy atom. The number of nitrogens with zero attached hydrogens (tertiary/aromatic N) is 2. The maximum atomic E-state index is 13.4. The number of carbonyl (C=O) groups excluding carboxylic acids is 1. The summed E-state index contributed by atoms with van der Waals surface area (Å²) in [7, 11) is -3.18. The van der Waals surface area contributed by atoms with Crippen LogP contribution in [0.25, 0.3) is 0 Å². The lowest BCUT2D eigenvalue weighted by Crippen LogP contribution is -2.38. The number of aryl methyl sites for hydroxylation is 2. The van der Waals surface area contributed by atoms with E-state index in [4.69, 9.17) is 0 Å². The third-order valence-corrected chi connectivity index (χ3v) is 7.18. The summed E-state index contributed by atoms with van der Waals surface area (Å²) in [5.74, 6) is 0.0256. The summed E-state index contributed by atoms with van der Waals surface area (Å²) in [6, 6.07) is 12.6. The number of anilines is 2. The quantitative estimate of drug-likeness (QED) is 0.763. The van der Waals surface area contributed by atoms with E-state index in [0.29, 0.717) is 0 Å². The molecule has 2 aromatic rings. The number of amides is 2. The fourth-order valence-corrected chi connectivity index (χ4v) is 5.98. The van der Waals surface area contributed by atoms with Crippen molar-refractivity contribution in [2.24, 2.45) is 0 Å². The van der Waals surface area contributed by atoms with Crippen molar-refractivity contribution in [2.45, 2.75) is 32.9 Å². The van der Waals surface area contributed by atoms with Crippen molar-refractivity contribution in [3.05, 3.63) is 59.2 Å². The standard InChI is InChI=1S/C20H22N2O3S/c1-13-6-4-8-16(10-13)21-18-11-26(24,25)12-19(18)22(20(21)23)17-9-5-7-14(2)15(17)3/h4-10,18-19H,11-12H2,1-3H3/t18-,19-/m0/s1. The number of sulfone groups is 1. The summed E-state index contributed by atoms with van der Waals surface area (Å²) in [6.07, 6.45) is 0. The van der Waals surface area contributed by atoms with E-state index in [1.54, 1.807) is 9.80 Å². The molecule has 2 fully saturated rings. The normalized spacial score (nSPS) is 24.2. The monoisotopic (exact) mass is 370 g/mol. The lowest BCUT2D eigenvalue weighted by Gasteiger charge is -2.24. The Kier molecular flexibility index (Phi) is 3.84. The van der Waals surface area contributed by atoms with Crippen LogP contribution in [0.15, 0.2) is 42.5 Å². The molecule has 0 bridgehead atoms. The van der Waals surface area contributed by atoms with Crippen LogP contribution in [-0.4, -0.2) is 38.0 Å². The molecular formula is C20H22N2O3S. The molecule has 2 aromatic carbocycles. The molecule has 0 saturated carbocycles. The van der Waals surface area contributed by atoms with E-state index >= 15 is 0 Å². The predicted octanol–water partition coefficient (Wildman–Crippen LogP) is 3.22. The SMILES string of the molecule is Cc1cccc(N2C(=O)N(c3cccc(C)c3C)[C@H]3CS(=O)(=O)C[C@@H]32)c1. The van der Waals surface area contributed by atoms with Gasteiger partial charge in [-0.05, 0) is 55.7 Å².